The minimum absolute atomic E-state index is 0.222. The van der Waals surface area contributed by atoms with Crippen LogP contribution in [0.15, 0.2) is 83.8 Å². The number of halogens is 1. The molecule has 1 fully saturated rings. The zero-order chi connectivity index (χ0) is 20.9. The zero-order valence-corrected chi connectivity index (χ0v) is 17.5. The first kappa shape index (κ1) is 20.3. The van der Waals surface area contributed by atoms with Crippen LogP contribution in [0.25, 0.3) is 6.08 Å². The van der Waals surface area contributed by atoms with Crippen molar-refractivity contribution in [2.24, 2.45) is 0 Å². The van der Waals surface area contributed by atoms with Gasteiger partial charge < -0.3 is 4.74 Å². The number of amides is 2. The van der Waals surface area contributed by atoms with Gasteiger partial charge in [0.15, 0.2) is 0 Å². The van der Waals surface area contributed by atoms with Crippen LogP contribution in [0.3, 0.4) is 0 Å². The van der Waals surface area contributed by atoms with Crippen LogP contribution in [0.2, 0.25) is 5.02 Å². The maximum Gasteiger partial charge on any atom is 0.293 e. The lowest BCUT2D eigenvalue weighted by molar-refractivity contribution is -0.123. The molecule has 1 aliphatic rings. The Hall–Kier alpha value is -3.02. The third kappa shape index (κ3) is 4.93. The van der Waals surface area contributed by atoms with Crippen LogP contribution in [-0.2, 0) is 17.9 Å². The van der Waals surface area contributed by atoms with E-state index >= 15 is 0 Å². The molecule has 1 heterocycles. The van der Waals surface area contributed by atoms with Gasteiger partial charge in [0.1, 0.15) is 12.4 Å². The monoisotopic (exact) mass is 435 g/mol. The minimum atomic E-state index is -0.296. The van der Waals surface area contributed by atoms with Gasteiger partial charge in [-0.2, -0.15) is 0 Å². The first-order chi connectivity index (χ1) is 14.6. The van der Waals surface area contributed by atoms with Crippen LogP contribution in [-0.4, -0.2) is 16.0 Å². The highest BCUT2D eigenvalue weighted by atomic mass is 35.5. The van der Waals surface area contributed by atoms with Gasteiger partial charge in [0.2, 0.25) is 0 Å². The second kappa shape index (κ2) is 9.20. The van der Waals surface area contributed by atoms with Crippen molar-refractivity contribution in [1.29, 1.82) is 0 Å². The van der Waals surface area contributed by atoms with E-state index in [9.17, 15) is 9.59 Å². The molecule has 0 spiro atoms. The SMILES string of the molecule is O=C1S/C(=C/c2cccc(OCc3ccccc3)c2)C(=O)N1Cc1ccc(Cl)cc1. The minimum Gasteiger partial charge on any atom is -0.489 e. The molecule has 4 nitrogen and oxygen atoms in total. The molecular formula is C24H18ClNO3S. The summed E-state index contributed by atoms with van der Waals surface area (Å²) in [7, 11) is 0. The van der Waals surface area contributed by atoms with Crippen molar-refractivity contribution in [1.82, 2.24) is 4.90 Å². The summed E-state index contributed by atoms with van der Waals surface area (Å²) in [6, 6.07) is 24.5. The summed E-state index contributed by atoms with van der Waals surface area (Å²) in [4.78, 5) is 26.7. The molecule has 150 valence electrons. The Bertz CT molecular complexity index is 1100. The second-order valence-electron chi connectivity index (χ2n) is 6.74. The largest absolute Gasteiger partial charge is 0.489 e. The number of ether oxygens (including phenoxy) is 1. The standard InChI is InChI=1S/C24H18ClNO3S/c25-20-11-9-17(10-12-20)15-26-23(27)22(30-24(26)28)14-19-7-4-8-21(13-19)29-16-18-5-2-1-3-6-18/h1-14H,15-16H2/b22-14+. The Morgan fingerprint density at radius 3 is 2.43 bits per heavy atom. The fraction of sp³-hybridized carbons (Fsp3) is 0.0833. The molecule has 30 heavy (non-hydrogen) atoms. The fourth-order valence-corrected chi connectivity index (χ4v) is 3.96. The summed E-state index contributed by atoms with van der Waals surface area (Å²) >= 11 is 6.84. The molecular weight excluding hydrogens is 418 g/mol. The average molecular weight is 436 g/mol. The normalized spacial score (nSPS) is 15.1. The van der Waals surface area contributed by atoms with E-state index in [1.165, 1.54) is 4.90 Å². The van der Waals surface area contributed by atoms with Crippen LogP contribution >= 0.6 is 23.4 Å². The van der Waals surface area contributed by atoms with E-state index < -0.39 is 0 Å². The van der Waals surface area contributed by atoms with Crippen molar-refractivity contribution in [2.45, 2.75) is 13.2 Å². The van der Waals surface area contributed by atoms with Gasteiger partial charge in [-0.15, -0.1) is 0 Å². The molecule has 0 aliphatic carbocycles. The van der Waals surface area contributed by atoms with Crippen LogP contribution < -0.4 is 4.74 Å². The van der Waals surface area contributed by atoms with Gasteiger partial charge in [-0.05, 0) is 58.8 Å². The maximum atomic E-state index is 12.7. The fourth-order valence-electron chi connectivity index (χ4n) is 3.00. The first-order valence-electron chi connectivity index (χ1n) is 9.35. The van der Waals surface area contributed by atoms with Gasteiger partial charge in [0, 0.05) is 5.02 Å². The number of nitrogens with zero attached hydrogens (tertiary/aromatic N) is 1. The Morgan fingerprint density at radius 1 is 0.900 bits per heavy atom. The van der Waals surface area contributed by atoms with Gasteiger partial charge in [-0.25, -0.2) is 0 Å². The number of imide groups is 1. The summed E-state index contributed by atoms with van der Waals surface area (Å²) in [6.07, 6.45) is 1.72. The summed E-state index contributed by atoms with van der Waals surface area (Å²) in [5.74, 6) is 0.406. The molecule has 3 aromatic rings. The van der Waals surface area contributed by atoms with Crippen molar-refractivity contribution in [3.8, 4) is 5.75 Å². The summed E-state index contributed by atoms with van der Waals surface area (Å²) < 4.78 is 5.85. The smallest absolute Gasteiger partial charge is 0.293 e. The topological polar surface area (TPSA) is 46.6 Å². The lowest BCUT2D eigenvalue weighted by atomic mass is 10.2. The number of thioether (sulfide) groups is 1. The predicted molar refractivity (Wildman–Crippen MR) is 120 cm³/mol. The van der Waals surface area contributed by atoms with Crippen LogP contribution in [0.1, 0.15) is 16.7 Å². The zero-order valence-electron chi connectivity index (χ0n) is 16.0. The van der Waals surface area contributed by atoms with Gasteiger partial charge in [-0.1, -0.05) is 66.2 Å². The molecule has 2 amide bonds. The van der Waals surface area contributed by atoms with E-state index in [-0.39, 0.29) is 17.7 Å². The number of rotatable bonds is 6. The van der Waals surface area contributed by atoms with Crippen LogP contribution in [0.5, 0.6) is 5.75 Å². The molecule has 0 atom stereocenters. The van der Waals surface area contributed by atoms with E-state index in [1.807, 2.05) is 66.7 Å². The van der Waals surface area contributed by atoms with E-state index in [1.54, 1.807) is 18.2 Å². The molecule has 0 aromatic heterocycles. The molecule has 1 saturated heterocycles. The lowest BCUT2D eigenvalue weighted by Gasteiger charge is -2.12. The third-order valence-electron chi connectivity index (χ3n) is 4.53. The summed E-state index contributed by atoms with van der Waals surface area (Å²) in [6.45, 7) is 0.682. The number of hydrogen-bond acceptors (Lipinski definition) is 4. The van der Waals surface area contributed by atoms with Crippen LogP contribution in [0.4, 0.5) is 4.79 Å². The molecule has 0 N–H and O–H groups in total. The van der Waals surface area contributed by atoms with E-state index in [2.05, 4.69) is 0 Å². The number of carbonyl (C=O) groups excluding carboxylic acids is 2. The van der Waals surface area contributed by atoms with Gasteiger partial charge in [0.05, 0.1) is 11.4 Å². The molecule has 0 saturated carbocycles. The van der Waals surface area contributed by atoms with Gasteiger partial charge in [0.25, 0.3) is 11.1 Å². The molecule has 3 aromatic carbocycles. The van der Waals surface area contributed by atoms with E-state index in [4.69, 9.17) is 16.3 Å². The summed E-state index contributed by atoms with van der Waals surface area (Å²) in [5.41, 5.74) is 2.73. The highest BCUT2D eigenvalue weighted by Gasteiger charge is 2.34. The molecule has 6 heteroatoms. The van der Waals surface area contributed by atoms with Crippen molar-refractivity contribution in [3.05, 3.63) is 105 Å². The first-order valence-corrected chi connectivity index (χ1v) is 10.5. The van der Waals surface area contributed by atoms with Crippen molar-refractivity contribution < 1.29 is 14.3 Å². The van der Waals surface area contributed by atoms with Crippen molar-refractivity contribution in [2.75, 3.05) is 0 Å². The van der Waals surface area contributed by atoms with Crippen molar-refractivity contribution in [3.63, 3.8) is 0 Å². The molecule has 0 unspecified atom stereocenters. The lowest BCUT2D eigenvalue weighted by Crippen LogP contribution is -2.27. The molecule has 0 bridgehead atoms. The Labute approximate surface area is 184 Å². The second-order valence-corrected chi connectivity index (χ2v) is 8.17. The highest BCUT2D eigenvalue weighted by Crippen LogP contribution is 2.33. The Morgan fingerprint density at radius 2 is 1.67 bits per heavy atom. The average Bonchev–Trinajstić information content (AvgIpc) is 3.02. The summed E-state index contributed by atoms with van der Waals surface area (Å²) in [5, 5.41) is 0.333. The predicted octanol–water partition coefficient (Wildman–Crippen LogP) is 6.16. The highest BCUT2D eigenvalue weighted by molar-refractivity contribution is 8.18. The van der Waals surface area contributed by atoms with Crippen LogP contribution in [0, 0.1) is 0 Å². The quantitative estimate of drug-likeness (QED) is 0.435. The van der Waals surface area contributed by atoms with E-state index in [0.29, 0.717) is 22.3 Å². The van der Waals surface area contributed by atoms with E-state index in [0.717, 1.165) is 28.5 Å². The molecule has 1 aliphatic heterocycles. The Kier molecular flexibility index (Phi) is 6.21. The molecule has 4 rings (SSSR count). The van der Waals surface area contributed by atoms with Gasteiger partial charge in [-0.3, -0.25) is 14.5 Å². The number of carbonyl (C=O) groups is 2. The molecule has 0 radical (unpaired) electrons. The van der Waals surface area contributed by atoms with Gasteiger partial charge >= 0.3 is 0 Å². The maximum absolute atomic E-state index is 12.7. The number of benzene rings is 3. The third-order valence-corrected chi connectivity index (χ3v) is 5.69. The Balaban J connectivity index is 1.46. The number of hydrogen-bond donors (Lipinski definition) is 0. The van der Waals surface area contributed by atoms with Crippen molar-refractivity contribution >= 4 is 40.6 Å².